The summed E-state index contributed by atoms with van der Waals surface area (Å²) in [5, 5.41) is 5.78. The molecule has 142 valence electrons. The zero-order valence-corrected chi connectivity index (χ0v) is 16.2. The second kappa shape index (κ2) is 7.64. The van der Waals surface area contributed by atoms with Crippen molar-refractivity contribution in [3.63, 3.8) is 0 Å². The van der Waals surface area contributed by atoms with Gasteiger partial charge >= 0.3 is 0 Å². The molecule has 5 heteroatoms. The molecule has 0 amide bonds. The van der Waals surface area contributed by atoms with E-state index in [1.54, 1.807) is 21.3 Å². The molecule has 0 bridgehead atoms. The molecule has 0 radical (unpaired) electrons. The molecule has 0 unspecified atom stereocenters. The van der Waals surface area contributed by atoms with Gasteiger partial charge in [-0.05, 0) is 17.7 Å². The van der Waals surface area contributed by atoms with Crippen molar-refractivity contribution in [2.45, 2.75) is 6.54 Å². The van der Waals surface area contributed by atoms with Gasteiger partial charge in [-0.25, -0.2) is 4.98 Å². The van der Waals surface area contributed by atoms with Gasteiger partial charge in [0.05, 0.1) is 32.4 Å². The fourth-order valence-corrected chi connectivity index (χ4v) is 3.49. The zero-order valence-electron chi connectivity index (χ0n) is 16.2. The van der Waals surface area contributed by atoms with Crippen LogP contribution in [0.25, 0.3) is 21.8 Å². The number of hydrogen-bond donors (Lipinski definition) is 1. The standard InChI is InChI=1S/C23H22N2O3/c1-26-21-12-15(13-22(27-2)23(21)28-3)24-14-18-16-8-4-6-10-19(16)25-20-11-7-5-9-17(18)20/h4-13,24H,14H2,1-3H3. The van der Waals surface area contributed by atoms with Crippen LogP contribution in [0, 0.1) is 0 Å². The number of nitrogens with one attached hydrogen (secondary N) is 1. The van der Waals surface area contributed by atoms with Crippen LogP contribution in [0.15, 0.2) is 60.7 Å². The van der Waals surface area contributed by atoms with Crippen molar-refractivity contribution in [3.05, 3.63) is 66.2 Å². The Labute approximate surface area is 163 Å². The van der Waals surface area contributed by atoms with Crippen LogP contribution in [0.3, 0.4) is 0 Å². The summed E-state index contributed by atoms with van der Waals surface area (Å²) in [7, 11) is 4.83. The molecule has 1 aromatic heterocycles. The molecule has 1 heterocycles. The SMILES string of the molecule is COc1cc(NCc2c3ccccc3nc3ccccc23)cc(OC)c1OC. The van der Waals surface area contributed by atoms with E-state index in [4.69, 9.17) is 19.2 Å². The van der Waals surface area contributed by atoms with Crippen LogP contribution in [0.2, 0.25) is 0 Å². The molecule has 1 N–H and O–H groups in total. The highest BCUT2D eigenvalue weighted by Crippen LogP contribution is 2.40. The summed E-state index contributed by atoms with van der Waals surface area (Å²) in [5.41, 5.74) is 4.07. The Hall–Kier alpha value is -3.47. The highest BCUT2D eigenvalue weighted by molar-refractivity contribution is 5.97. The first-order chi connectivity index (χ1) is 13.7. The lowest BCUT2D eigenvalue weighted by atomic mass is 10.0. The van der Waals surface area contributed by atoms with Crippen LogP contribution in [-0.4, -0.2) is 26.3 Å². The first kappa shape index (κ1) is 17.9. The molecule has 0 spiro atoms. The van der Waals surface area contributed by atoms with Gasteiger partial charge in [0.1, 0.15) is 0 Å². The van der Waals surface area contributed by atoms with Crippen molar-refractivity contribution in [3.8, 4) is 17.2 Å². The fraction of sp³-hybridized carbons (Fsp3) is 0.174. The van der Waals surface area contributed by atoms with E-state index in [0.29, 0.717) is 23.8 Å². The second-order valence-corrected chi connectivity index (χ2v) is 6.39. The van der Waals surface area contributed by atoms with Crippen molar-refractivity contribution in [2.24, 2.45) is 0 Å². The minimum Gasteiger partial charge on any atom is -0.493 e. The molecular formula is C23H22N2O3. The lowest BCUT2D eigenvalue weighted by Gasteiger charge is -2.16. The number of pyridine rings is 1. The van der Waals surface area contributed by atoms with Crippen LogP contribution in [0.5, 0.6) is 17.2 Å². The number of methoxy groups -OCH3 is 3. The van der Waals surface area contributed by atoms with Gasteiger partial charge in [-0.1, -0.05) is 36.4 Å². The number of rotatable bonds is 6. The average molecular weight is 374 g/mol. The summed E-state index contributed by atoms with van der Waals surface area (Å²) >= 11 is 0. The number of para-hydroxylation sites is 2. The van der Waals surface area contributed by atoms with E-state index in [-0.39, 0.29) is 0 Å². The Morgan fingerprint density at radius 1 is 0.750 bits per heavy atom. The Balaban J connectivity index is 1.77. The van der Waals surface area contributed by atoms with Crippen molar-refractivity contribution < 1.29 is 14.2 Å². The number of aromatic nitrogens is 1. The summed E-state index contributed by atoms with van der Waals surface area (Å²) in [6.07, 6.45) is 0. The first-order valence-corrected chi connectivity index (χ1v) is 9.05. The van der Waals surface area contributed by atoms with Crippen LogP contribution in [0.4, 0.5) is 5.69 Å². The quantitative estimate of drug-likeness (QED) is 0.480. The lowest BCUT2D eigenvalue weighted by Crippen LogP contribution is -2.03. The molecule has 28 heavy (non-hydrogen) atoms. The molecule has 5 nitrogen and oxygen atoms in total. The minimum atomic E-state index is 0.579. The normalized spacial score (nSPS) is 10.8. The molecule has 3 aromatic carbocycles. The Morgan fingerprint density at radius 2 is 1.29 bits per heavy atom. The molecule has 0 saturated heterocycles. The van der Waals surface area contributed by atoms with Crippen molar-refractivity contribution in [1.29, 1.82) is 0 Å². The summed E-state index contributed by atoms with van der Waals surface area (Å²) in [4.78, 5) is 4.79. The number of fused-ring (bicyclic) bond motifs is 2. The number of hydrogen-bond acceptors (Lipinski definition) is 5. The topological polar surface area (TPSA) is 52.6 Å². The summed E-state index contributed by atoms with van der Waals surface area (Å²) in [6, 6.07) is 20.3. The first-order valence-electron chi connectivity index (χ1n) is 9.05. The van der Waals surface area contributed by atoms with Gasteiger partial charge in [0, 0.05) is 35.1 Å². The van der Waals surface area contributed by atoms with Gasteiger partial charge in [-0.15, -0.1) is 0 Å². The number of benzene rings is 3. The van der Waals surface area contributed by atoms with Crippen LogP contribution in [-0.2, 0) is 6.54 Å². The molecule has 4 rings (SSSR count). The highest BCUT2D eigenvalue weighted by Gasteiger charge is 2.14. The third-order valence-corrected chi connectivity index (χ3v) is 4.83. The van der Waals surface area contributed by atoms with Crippen molar-refractivity contribution in [1.82, 2.24) is 4.98 Å². The van der Waals surface area contributed by atoms with Crippen LogP contribution >= 0.6 is 0 Å². The average Bonchev–Trinajstić information content (AvgIpc) is 2.75. The number of anilines is 1. The van der Waals surface area contributed by atoms with E-state index in [9.17, 15) is 0 Å². The van der Waals surface area contributed by atoms with Crippen LogP contribution < -0.4 is 19.5 Å². The Kier molecular flexibility index (Phi) is 4.89. The van der Waals surface area contributed by atoms with E-state index in [1.807, 2.05) is 48.5 Å². The molecule has 0 aliphatic carbocycles. The van der Waals surface area contributed by atoms with Crippen molar-refractivity contribution >= 4 is 27.5 Å². The Bertz CT molecular complexity index is 1060. The van der Waals surface area contributed by atoms with E-state index in [0.717, 1.165) is 27.5 Å². The van der Waals surface area contributed by atoms with Gasteiger partial charge in [-0.3, -0.25) is 0 Å². The molecule has 0 atom stereocenters. The molecule has 0 aliphatic heterocycles. The second-order valence-electron chi connectivity index (χ2n) is 6.39. The van der Waals surface area contributed by atoms with E-state index < -0.39 is 0 Å². The third kappa shape index (κ3) is 3.16. The molecule has 0 fully saturated rings. The van der Waals surface area contributed by atoms with E-state index in [2.05, 4.69) is 17.4 Å². The van der Waals surface area contributed by atoms with Crippen molar-refractivity contribution in [2.75, 3.05) is 26.6 Å². The van der Waals surface area contributed by atoms with Crippen LogP contribution in [0.1, 0.15) is 5.56 Å². The third-order valence-electron chi connectivity index (χ3n) is 4.83. The predicted octanol–water partition coefficient (Wildman–Crippen LogP) is 5.03. The summed E-state index contributed by atoms with van der Waals surface area (Å²) in [5.74, 6) is 1.82. The summed E-state index contributed by atoms with van der Waals surface area (Å²) < 4.78 is 16.3. The van der Waals surface area contributed by atoms with Gasteiger partial charge in [-0.2, -0.15) is 0 Å². The van der Waals surface area contributed by atoms with Gasteiger partial charge < -0.3 is 19.5 Å². The molecule has 4 aromatic rings. The summed E-state index contributed by atoms with van der Waals surface area (Å²) in [6.45, 7) is 0.641. The zero-order chi connectivity index (χ0) is 19.5. The monoisotopic (exact) mass is 374 g/mol. The number of nitrogens with zero attached hydrogens (tertiary/aromatic N) is 1. The number of ether oxygens (including phenoxy) is 3. The fourth-order valence-electron chi connectivity index (χ4n) is 3.49. The highest BCUT2D eigenvalue weighted by atomic mass is 16.5. The maximum atomic E-state index is 5.46. The van der Waals surface area contributed by atoms with Gasteiger partial charge in [0.15, 0.2) is 11.5 Å². The lowest BCUT2D eigenvalue weighted by molar-refractivity contribution is 0.324. The smallest absolute Gasteiger partial charge is 0.203 e. The largest absolute Gasteiger partial charge is 0.493 e. The minimum absolute atomic E-state index is 0.579. The van der Waals surface area contributed by atoms with E-state index in [1.165, 1.54) is 5.56 Å². The predicted molar refractivity (Wildman–Crippen MR) is 113 cm³/mol. The molecular weight excluding hydrogens is 352 g/mol. The molecule has 0 aliphatic rings. The maximum Gasteiger partial charge on any atom is 0.203 e. The van der Waals surface area contributed by atoms with E-state index >= 15 is 0 Å². The molecule has 0 saturated carbocycles. The Morgan fingerprint density at radius 3 is 1.79 bits per heavy atom. The maximum absolute atomic E-state index is 5.46. The van der Waals surface area contributed by atoms with Gasteiger partial charge in [0.2, 0.25) is 5.75 Å². The van der Waals surface area contributed by atoms with Gasteiger partial charge in [0.25, 0.3) is 0 Å².